The van der Waals surface area contributed by atoms with Crippen molar-refractivity contribution in [1.29, 1.82) is 0 Å². The van der Waals surface area contributed by atoms with Crippen LogP contribution in [0.1, 0.15) is 82.6 Å². The number of hydrogen-bond acceptors (Lipinski definition) is 6. The predicted molar refractivity (Wildman–Crippen MR) is 119 cm³/mol. The van der Waals surface area contributed by atoms with Gasteiger partial charge < -0.3 is 9.47 Å². The van der Waals surface area contributed by atoms with Crippen molar-refractivity contribution in [1.82, 2.24) is 20.2 Å². The molecule has 7 nitrogen and oxygen atoms in total. The van der Waals surface area contributed by atoms with Crippen molar-refractivity contribution < 1.29 is 9.47 Å². The van der Waals surface area contributed by atoms with E-state index in [1.165, 1.54) is 37.7 Å². The van der Waals surface area contributed by atoms with Gasteiger partial charge in [0.05, 0.1) is 25.4 Å². The lowest BCUT2D eigenvalue weighted by atomic mass is 9.95. The highest BCUT2D eigenvalue weighted by Crippen LogP contribution is 2.33. The van der Waals surface area contributed by atoms with Gasteiger partial charge in [-0.3, -0.25) is 0 Å². The van der Waals surface area contributed by atoms with E-state index in [-0.39, 0.29) is 0 Å². The zero-order chi connectivity index (χ0) is 21.2. The number of benzene rings is 1. The fourth-order valence-electron chi connectivity index (χ4n) is 4.17. The van der Waals surface area contributed by atoms with Crippen molar-refractivity contribution in [2.45, 2.75) is 84.1 Å². The quantitative estimate of drug-likeness (QED) is 0.581. The minimum atomic E-state index is 0.489. The average molecular weight is 414 g/mol. The van der Waals surface area contributed by atoms with Crippen LogP contribution in [0.3, 0.4) is 0 Å². The van der Waals surface area contributed by atoms with Gasteiger partial charge in [-0.15, -0.1) is 5.10 Å². The first kappa shape index (κ1) is 22.2. The molecule has 0 saturated heterocycles. The van der Waals surface area contributed by atoms with E-state index in [1.54, 1.807) is 7.11 Å². The summed E-state index contributed by atoms with van der Waals surface area (Å²) in [4.78, 5) is 4.55. The summed E-state index contributed by atoms with van der Waals surface area (Å²) in [6.07, 6.45) is 11.0. The summed E-state index contributed by atoms with van der Waals surface area (Å²) < 4.78 is 13.4. The van der Waals surface area contributed by atoms with Crippen molar-refractivity contribution in [2.75, 3.05) is 13.7 Å². The lowest BCUT2D eigenvalue weighted by Gasteiger charge is -2.22. The van der Waals surface area contributed by atoms with E-state index in [4.69, 9.17) is 9.47 Å². The molecule has 2 aromatic rings. The molecular formula is C23H35N5O2. The third-order valence-corrected chi connectivity index (χ3v) is 5.71. The number of ether oxygens (including phenoxy) is 2. The van der Waals surface area contributed by atoms with Crippen molar-refractivity contribution in [3.63, 3.8) is 0 Å². The van der Waals surface area contributed by atoms with Gasteiger partial charge in [0.2, 0.25) is 0 Å². The second-order valence-electron chi connectivity index (χ2n) is 7.60. The van der Waals surface area contributed by atoms with Crippen molar-refractivity contribution in [3.05, 3.63) is 29.6 Å². The van der Waals surface area contributed by atoms with Gasteiger partial charge >= 0.3 is 0 Å². The molecule has 0 spiro atoms. The maximum atomic E-state index is 6.07. The molecule has 0 N–H and O–H groups in total. The number of hydrogen-bond donors (Lipinski definition) is 0. The van der Waals surface area contributed by atoms with Crippen molar-refractivity contribution >= 4 is 11.6 Å². The molecule has 1 aliphatic carbocycles. The first-order valence-electron chi connectivity index (χ1n) is 11.5. The van der Waals surface area contributed by atoms with Crippen LogP contribution in [0.25, 0.3) is 0 Å². The second kappa shape index (κ2) is 11.7. The zero-order valence-corrected chi connectivity index (χ0v) is 18.6. The summed E-state index contributed by atoms with van der Waals surface area (Å²) >= 11 is 0. The number of aryl methyl sites for hydroxylation is 1. The number of unbranched alkanes of at least 4 members (excludes halogenated alkanes) is 1. The molecule has 1 aliphatic heterocycles. The minimum absolute atomic E-state index is 0.489. The predicted octanol–water partition coefficient (Wildman–Crippen LogP) is 5.23. The van der Waals surface area contributed by atoms with Gasteiger partial charge in [0.1, 0.15) is 5.75 Å². The van der Waals surface area contributed by atoms with Crippen LogP contribution >= 0.6 is 0 Å². The Bertz CT molecular complexity index is 812. The molecular weight excluding hydrogens is 378 g/mol. The van der Waals surface area contributed by atoms with Crippen molar-refractivity contribution in [2.24, 2.45) is 4.99 Å². The summed E-state index contributed by atoms with van der Waals surface area (Å²) in [6.45, 7) is 4.70. The number of fused-ring (bicyclic) bond motifs is 1. The number of nitrogens with zero attached hydrogens (tertiary/aromatic N) is 5. The Kier molecular flexibility index (Phi) is 8.66. The molecule has 0 radical (unpaired) electrons. The van der Waals surface area contributed by atoms with E-state index >= 15 is 0 Å². The lowest BCUT2D eigenvalue weighted by molar-refractivity contribution is 0.298. The number of rotatable bonds is 7. The van der Waals surface area contributed by atoms with Crippen LogP contribution in [0, 0.1) is 0 Å². The van der Waals surface area contributed by atoms with Gasteiger partial charge in [0.15, 0.2) is 11.7 Å². The Labute approximate surface area is 179 Å². The Balaban J connectivity index is 0.00000124. The Morgan fingerprint density at radius 3 is 2.70 bits per heavy atom. The third kappa shape index (κ3) is 5.58. The topological polar surface area (TPSA) is 74.4 Å². The maximum absolute atomic E-state index is 6.07. The molecule has 4 rings (SSSR count). The van der Waals surface area contributed by atoms with Crippen LogP contribution in [-0.2, 0) is 17.6 Å². The van der Waals surface area contributed by atoms with Crippen LogP contribution in [0.4, 0.5) is 5.69 Å². The molecule has 1 aromatic carbocycles. The zero-order valence-electron chi connectivity index (χ0n) is 18.6. The van der Waals surface area contributed by atoms with Crippen LogP contribution in [-0.4, -0.2) is 39.8 Å². The number of tetrazole rings is 1. The Hall–Kier alpha value is -2.44. The van der Waals surface area contributed by atoms with Gasteiger partial charge in [0.25, 0.3) is 0 Å². The molecule has 0 unspecified atom stereocenters. The van der Waals surface area contributed by atoms with Crippen LogP contribution in [0.15, 0.2) is 23.2 Å². The fraction of sp³-hybridized carbons (Fsp3) is 0.652. The van der Waals surface area contributed by atoms with E-state index in [9.17, 15) is 0 Å². The summed E-state index contributed by atoms with van der Waals surface area (Å²) in [5.74, 6) is 2.76. The first-order chi connectivity index (χ1) is 14.8. The summed E-state index contributed by atoms with van der Waals surface area (Å²) in [6, 6.07) is 6.54. The van der Waals surface area contributed by atoms with Crippen LogP contribution in [0.5, 0.6) is 5.75 Å². The highest BCUT2D eigenvalue weighted by molar-refractivity contribution is 5.82. The molecule has 30 heavy (non-hydrogen) atoms. The van der Waals surface area contributed by atoms with E-state index in [0.717, 1.165) is 55.3 Å². The Morgan fingerprint density at radius 1 is 1.07 bits per heavy atom. The van der Waals surface area contributed by atoms with E-state index < -0.39 is 0 Å². The van der Waals surface area contributed by atoms with E-state index in [2.05, 4.69) is 25.2 Å². The van der Waals surface area contributed by atoms with E-state index in [1.807, 2.05) is 32.0 Å². The van der Waals surface area contributed by atoms with E-state index in [0.29, 0.717) is 12.6 Å². The highest BCUT2D eigenvalue weighted by Gasteiger charge is 2.20. The molecule has 1 fully saturated rings. The van der Waals surface area contributed by atoms with Gasteiger partial charge in [-0.05, 0) is 54.7 Å². The highest BCUT2D eigenvalue weighted by atomic mass is 16.5. The monoisotopic (exact) mass is 413 g/mol. The van der Waals surface area contributed by atoms with Gasteiger partial charge in [0, 0.05) is 18.4 Å². The van der Waals surface area contributed by atoms with Gasteiger partial charge in [-0.1, -0.05) is 39.2 Å². The number of methoxy groups -OCH3 is 1. The summed E-state index contributed by atoms with van der Waals surface area (Å²) in [5, 5.41) is 12.4. The molecule has 1 saturated carbocycles. The summed E-state index contributed by atoms with van der Waals surface area (Å²) in [5.41, 5.74) is 2.15. The molecule has 2 heterocycles. The molecule has 164 valence electrons. The Morgan fingerprint density at radius 2 is 1.90 bits per heavy atom. The SMILES string of the molecule is CC.COC1=Nc2cccc(OCCCCc3nnnn3C3CCCCC3)c2CC1. The largest absolute Gasteiger partial charge is 0.493 e. The first-order valence-corrected chi connectivity index (χ1v) is 11.5. The normalized spacial score (nSPS) is 16.2. The molecule has 0 atom stereocenters. The molecule has 0 bridgehead atoms. The van der Waals surface area contributed by atoms with Gasteiger partial charge in [-0.25, -0.2) is 9.67 Å². The summed E-state index contributed by atoms with van der Waals surface area (Å²) in [7, 11) is 1.68. The fourth-order valence-corrected chi connectivity index (χ4v) is 4.17. The van der Waals surface area contributed by atoms with Crippen LogP contribution < -0.4 is 4.74 Å². The average Bonchev–Trinajstić information content (AvgIpc) is 3.29. The second-order valence-corrected chi connectivity index (χ2v) is 7.60. The third-order valence-electron chi connectivity index (χ3n) is 5.71. The smallest absolute Gasteiger partial charge is 0.188 e. The molecule has 7 heteroatoms. The van der Waals surface area contributed by atoms with Crippen LogP contribution in [0.2, 0.25) is 0 Å². The van der Waals surface area contributed by atoms with Gasteiger partial charge in [-0.2, -0.15) is 0 Å². The number of aliphatic imine (C=N–C) groups is 1. The standard InChI is InChI=1S/C21H29N5O2.C2H6/c1-27-21-14-13-17-18(22-21)10-7-11-19(17)28-15-6-5-12-20-23-24-25-26(20)16-8-3-2-4-9-16;1-2/h7,10-11,16H,2-6,8-9,12-15H2,1H3;1-2H3. The molecule has 0 amide bonds. The van der Waals surface area contributed by atoms with Crippen molar-refractivity contribution in [3.8, 4) is 5.75 Å². The molecule has 1 aromatic heterocycles. The minimum Gasteiger partial charge on any atom is -0.493 e. The number of aromatic nitrogens is 4. The lowest BCUT2D eigenvalue weighted by Crippen LogP contribution is -2.17. The maximum Gasteiger partial charge on any atom is 0.188 e. The molecule has 2 aliphatic rings.